The molecule has 106 valence electrons. The van der Waals surface area contributed by atoms with Crippen molar-refractivity contribution < 1.29 is 4.79 Å². The van der Waals surface area contributed by atoms with Gasteiger partial charge in [-0.05, 0) is 44.9 Å². The van der Waals surface area contributed by atoms with Crippen molar-refractivity contribution in [1.29, 1.82) is 0 Å². The van der Waals surface area contributed by atoms with Gasteiger partial charge in [-0.2, -0.15) is 0 Å². The first-order valence-corrected chi connectivity index (χ1v) is 8.07. The third-order valence-corrected chi connectivity index (χ3v) is 4.33. The van der Waals surface area contributed by atoms with E-state index in [1.807, 2.05) is 6.92 Å². The monoisotopic (exact) mass is 273 g/mol. The van der Waals surface area contributed by atoms with Gasteiger partial charge in [-0.3, -0.25) is 4.79 Å². The van der Waals surface area contributed by atoms with Crippen molar-refractivity contribution in [2.75, 3.05) is 5.88 Å². The Balaban J connectivity index is 2.23. The average molecular weight is 274 g/mol. The molecule has 1 aliphatic rings. The normalized spacial score (nSPS) is 25.7. The van der Waals surface area contributed by atoms with Crippen LogP contribution in [-0.2, 0) is 4.79 Å². The van der Waals surface area contributed by atoms with E-state index in [1.54, 1.807) is 0 Å². The molecule has 1 N–H and O–H groups in total. The summed E-state index contributed by atoms with van der Waals surface area (Å²) in [5.41, 5.74) is 0. The van der Waals surface area contributed by atoms with Crippen molar-refractivity contribution in [1.82, 2.24) is 5.32 Å². The molecule has 0 bridgehead atoms. The number of hydrogen-bond acceptors (Lipinski definition) is 1. The van der Waals surface area contributed by atoms with Crippen LogP contribution in [0.1, 0.15) is 65.2 Å². The van der Waals surface area contributed by atoms with Crippen LogP contribution in [0.5, 0.6) is 0 Å². The summed E-state index contributed by atoms with van der Waals surface area (Å²) >= 11 is 5.68. The Morgan fingerprint density at radius 1 is 1.33 bits per heavy atom. The molecule has 1 fully saturated rings. The fourth-order valence-corrected chi connectivity index (χ4v) is 3.13. The maximum Gasteiger partial charge on any atom is 0.223 e. The molecule has 0 aromatic rings. The molecule has 0 aromatic carbocycles. The maximum absolute atomic E-state index is 12.0. The Morgan fingerprint density at radius 3 is 2.56 bits per heavy atom. The lowest BCUT2D eigenvalue weighted by atomic mass is 9.79. The Hall–Kier alpha value is -0.240. The van der Waals surface area contributed by atoms with Gasteiger partial charge in [0.15, 0.2) is 0 Å². The van der Waals surface area contributed by atoms with Crippen molar-refractivity contribution >= 4 is 17.5 Å². The third-order valence-electron chi connectivity index (χ3n) is 4.11. The minimum atomic E-state index is 0.216. The van der Waals surface area contributed by atoms with Gasteiger partial charge in [0.1, 0.15) is 0 Å². The molecule has 1 saturated carbocycles. The van der Waals surface area contributed by atoms with E-state index in [0.717, 1.165) is 25.2 Å². The smallest absolute Gasteiger partial charge is 0.223 e. The van der Waals surface area contributed by atoms with E-state index in [-0.39, 0.29) is 17.9 Å². The summed E-state index contributed by atoms with van der Waals surface area (Å²) in [5.74, 6) is 1.99. The molecule has 0 radical (unpaired) electrons. The van der Waals surface area contributed by atoms with Gasteiger partial charge in [-0.15, -0.1) is 11.6 Å². The zero-order valence-electron chi connectivity index (χ0n) is 11.9. The van der Waals surface area contributed by atoms with Crippen LogP contribution < -0.4 is 5.32 Å². The van der Waals surface area contributed by atoms with Gasteiger partial charge >= 0.3 is 0 Å². The van der Waals surface area contributed by atoms with Crippen LogP contribution in [0.3, 0.4) is 0 Å². The lowest BCUT2D eigenvalue weighted by Gasteiger charge is -2.28. The number of unbranched alkanes of at least 4 members (excludes halogenated alkanes) is 1. The first-order chi connectivity index (χ1) is 8.67. The second kappa shape index (κ2) is 8.79. The molecule has 3 heteroatoms. The second-order valence-corrected chi connectivity index (χ2v) is 6.13. The van der Waals surface area contributed by atoms with Crippen molar-refractivity contribution in [2.45, 2.75) is 71.3 Å². The molecule has 2 nitrogen and oxygen atoms in total. The minimum absolute atomic E-state index is 0.216. The minimum Gasteiger partial charge on any atom is -0.353 e. The van der Waals surface area contributed by atoms with Crippen LogP contribution in [0, 0.1) is 11.8 Å². The molecule has 0 spiro atoms. The summed E-state index contributed by atoms with van der Waals surface area (Å²) in [6.07, 6.45) is 9.48. The van der Waals surface area contributed by atoms with E-state index in [0.29, 0.717) is 5.88 Å². The van der Waals surface area contributed by atoms with E-state index in [2.05, 4.69) is 12.2 Å². The average Bonchev–Trinajstić information content (AvgIpc) is 2.37. The van der Waals surface area contributed by atoms with Gasteiger partial charge in [0, 0.05) is 17.8 Å². The van der Waals surface area contributed by atoms with Crippen molar-refractivity contribution in [2.24, 2.45) is 11.8 Å². The molecule has 1 amide bonds. The maximum atomic E-state index is 12.0. The summed E-state index contributed by atoms with van der Waals surface area (Å²) in [6, 6.07) is 0.216. The Morgan fingerprint density at radius 2 is 2.00 bits per heavy atom. The summed E-state index contributed by atoms with van der Waals surface area (Å²) in [7, 11) is 0. The zero-order chi connectivity index (χ0) is 13.4. The fraction of sp³-hybridized carbons (Fsp3) is 0.933. The van der Waals surface area contributed by atoms with Gasteiger partial charge in [-0.1, -0.05) is 26.2 Å². The van der Waals surface area contributed by atoms with E-state index in [9.17, 15) is 4.79 Å². The van der Waals surface area contributed by atoms with Crippen molar-refractivity contribution in [3.8, 4) is 0 Å². The summed E-state index contributed by atoms with van der Waals surface area (Å²) < 4.78 is 0. The summed E-state index contributed by atoms with van der Waals surface area (Å²) in [6.45, 7) is 4.28. The molecule has 0 heterocycles. The van der Waals surface area contributed by atoms with Crippen molar-refractivity contribution in [3.63, 3.8) is 0 Å². The summed E-state index contributed by atoms with van der Waals surface area (Å²) in [5, 5.41) is 3.09. The first-order valence-electron chi connectivity index (χ1n) is 7.53. The van der Waals surface area contributed by atoms with Crippen LogP contribution in [0.15, 0.2) is 0 Å². The predicted molar refractivity (Wildman–Crippen MR) is 77.9 cm³/mol. The van der Waals surface area contributed by atoms with Gasteiger partial charge in [0.05, 0.1) is 0 Å². The molecule has 18 heavy (non-hydrogen) atoms. The van der Waals surface area contributed by atoms with Crippen molar-refractivity contribution in [3.05, 3.63) is 0 Å². The molecule has 0 aliphatic heterocycles. The van der Waals surface area contributed by atoms with Gasteiger partial charge in [-0.25, -0.2) is 0 Å². The number of hydrogen-bond donors (Lipinski definition) is 1. The van der Waals surface area contributed by atoms with E-state index < -0.39 is 0 Å². The zero-order valence-corrected chi connectivity index (χ0v) is 12.6. The number of carbonyl (C=O) groups excluding carboxylic acids is 1. The lowest BCUT2D eigenvalue weighted by Crippen LogP contribution is -2.38. The highest BCUT2D eigenvalue weighted by molar-refractivity contribution is 6.17. The Labute approximate surface area is 117 Å². The van der Waals surface area contributed by atoms with E-state index in [4.69, 9.17) is 11.6 Å². The SMILES string of the molecule is CCCCC1CCC(C(=O)NC(C)CCCl)CC1. The molecule has 0 saturated heterocycles. The molecule has 1 unspecified atom stereocenters. The van der Waals surface area contributed by atoms with Gasteiger partial charge in [0.25, 0.3) is 0 Å². The third kappa shape index (κ3) is 5.60. The fourth-order valence-electron chi connectivity index (χ4n) is 2.80. The highest BCUT2D eigenvalue weighted by Crippen LogP contribution is 2.32. The number of rotatable bonds is 7. The van der Waals surface area contributed by atoms with Crippen LogP contribution in [-0.4, -0.2) is 17.8 Å². The van der Waals surface area contributed by atoms with Crippen LogP contribution in [0.25, 0.3) is 0 Å². The van der Waals surface area contributed by atoms with E-state index in [1.165, 1.54) is 32.1 Å². The molecule has 1 rings (SSSR count). The predicted octanol–water partition coefficient (Wildman–Crippen LogP) is 4.12. The highest BCUT2D eigenvalue weighted by atomic mass is 35.5. The molecule has 1 aliphatic carbocycles. The highest BCUT2D eigenvalue weighted by Gasteiger charge is 2.26. The molecule has 0 aromatic heterocycles. The van der Waals surface area contributed by atoms with Crippen LogP contribution in [0.4, 0.5) is 0 Å². The largest absolute Gasteiger partial charge is 0.353 e. The number of nitrogens with one attached hydrogen (secondary N) is 1. The molecule has 1 atom stereocenters. The lowest BCUT2D eigenvalue weighted by molar-refractivity contribution is -0.126. The van der Waals surface area contributed by atoms with Crippen LogP contribution >= 0.6 is 11.6 Å². The quantitative estimate of drug-likeness (QED) is 0.695. The van der Waals surface area contributed by atoms with Crippen LogP contribution in [0.2, 0.25) is 0 Å². The summed E-state index contributed by atoms with van der Waals surface area (Å²) in [4.78, 5) is 12.0. The topological polar surface area (TPSA) is 29.1 Å². The number of halogens is 1. The van der Waals surface area contributed by atoms with Gasteiger partial charge in [0.2, 0.25) is 5.91 Å². The van der Waals surface area contributed by atoms with Gasteiger partial charge < -0.3 is 5.32 Å². The first kappa shape index (κ1) is 15.8. The standard InChI is InChI=1S/C15H28ClNO/c1-3-4-5-13-6-8-14(9-7-13)15(18)17-12(2)10-11-16/h12-14H,3-11H2,1-2H3,(H,17,18). The van der Waals surface area contributed by atoms with E-state index >= 15 is 0 Å². The second-order valence-electron chi connectivity index (χ2n) is 5.75. The Kier molecular flexibility index (Phi) is 7.73. The number of alkyl halides is 1. The molecular formula is C15H28ClNO. The number of amides is 1. The Bertz CT molecular complexity index is 237. The number of carbonyl (C=O) groups is 1. The molecular weight excluding hydrogens is 246 g/mol.